The van der Waals surface area contributed by atoms with Gasteiger partial charge in [0, 0.05) is 54.2 Å². The lowest BCUT2D eigenvalue weighted by Gasteiger charge is -2.26. The van der Waals surface area contributed by atoms with Crippen molar-refractivity contribution in [2.24, 2.45) is 0 Å². The van der Waals surface area contributed by atoms with Gasteiger partial charge < -0.3 is 4.90 Å². The average molecular weight is 730 g/mol. The van der Waals surface area contributed by atoms with Crippen molar-refractivity contribution in [3.8, 4) is 0 Å². The Balaban J connectivity index is 1.57. The second-order valence-corrected chi connectivity index (χ2v) is 15.4. The summed E-state index contributed by atoms with van der Waals surface area (Å²) in [4.78, 5) is 2.25. The summed E-state index contributed by atoms with van der Waals surface area (Å²) in [7, 11) is -4.49. The number of benzene rings is 4. The van der Waals surface area contributed by atoms with E-state index in [1.54, 1.807) is 12.1 Å². The molecular weight excluding hydrogens is 673 g/mol. The Morgan fingerprint density at radius 3 is 1.70 bits per heavy atom. The van der Waals surface area contributed by atoms with Gasteiger partial charge in [-0.15, -0.1) is 0 Å². The standard InChI is InChI=1S/C47H56N2O3S/c1-5-9-15-37-19-27-41(28-20-37)48(35-11-7-3)43-31-23-39(24-32-43)47(45-17-13-14-18-46(45)53(50,51)52)40-25-33-44(34-26-40)49(36-12-8-4)42-29-21-38(22-30-42)16-10-6-2/h13-14,17-34H,5-12,15-16,35-36H2,1-4H3/p+1. The first-order valence-corrected chi connectivity index (χ1v) is 21.1. The van der Waals surface area contributed by atoms with Gasteiger partial charge in [-0.05, 0) is 102 Å². The lowest BCUT2D eigenvalue weighted by Crippen LogP contribution is -2.18. The molecule has 278 valence electrons. The third kappa shape index (κ3) is 10.6. The highest BCUT2D eigenvalue weighted by atomic mass is 32.2. The molecule has 0 bridgehead atoms. The van der Waals surface area contributed by atoms with Crippen LogP contribution in [0.5, 0.6) is 0 Å². The second-order valence-electron chi connectivity index (χ2n) is 14.0. The molecule has 0 aliphatic heterocycles. The van der Waals surface area contributed by atoms with Crippen molar-refractivity contribution >= 4 is 38.5 Å². The van der Waals surface area contributed by atoms with Gasteiger partial charge >= 0.3 is 0 Å². The Bertz CT molecular complexity index is 2000. The number of unbranched alkanes of at least 4 members (excludes halogenated alkanes) is 4. The molecule has 0 saturated heterocycles. The maximum absolute atomic E-state index is 12.7. The summed E-state index contributed by atoms with van der Waals surface area (Å²) in [5, 5.41) is 0. The molecule has 0 saturated carbocycles. The maximum Gasteiger partial charge on any atom is 0.295 e. The molecule has 5 nitrogen and oxygen atoms in total. The van der Waals surface area contributed by atoms with E-state index < -0.39 is 10.1 Å². The fraction of sp³-hybridized carbons (Fsp3) is 0.340. The van der Waals surface area contributed by atoms with Gasteiger partial charge in [0.2, 0.25) is 11.4 Å². The molecule has 1 aliphatic rings. The van der Waals surface area contributed by atoms with Gasteiger partial charge in [0.15, 0.2) is 0 Å². The van der Waals surface area contributed by atoms with Crippen molar-refractivity contribution in [2.45, 2.75) is 96.8 Å². The van der Waals surface area contributed by atoms with Gasteiger partial charge in [-0.1, -0.05) is 108 Å². The van der Waals surface area contributed by atoms with Crippen LogP contribution >= 0.6 is 0 Å². The molecule has 0 atom stereocenters. The normalized spacial score (nSPS) is 12.7. The van der Waals surface area contributed by atoms with Crippen LogP contribution in [0, 0.1) is 0 Å². The number of allylic oxidation sites excluding steroid dienone is 5. The largest absolute Gasteiger partial charge is 0.341 e. The van der Waals surface area contributed by atoms with Gasteiger partial charge in [-0.2, -0.15) is 13.0 Å². The van der Waals surface area contributed by atoms with Crippen LogP contribution in [0.2, 0.25) is 0 Å². The summed E-state index contributed by atoms with van der Waals surface area (Å²) in [5.41, 5.74) is 10.1. The summed E-state index contributed by atoms with van der Waals surface area (Å²) in [6, 6.07) is 33.0. The molecule has 0 spiro atoms. The Labute approximate surface area is 318 Å². The topological polar surface area (TPSA) is 60.6 Å². The van der Waals surface area contributed by atoms with Crippen LogP contribution in [-0.4, -0.2) is 36.3 Å². The summed E-state index contributed by atoms with van der Waals surface area (Å²) < 4.78 is 38.1. The Kier molecular flexibility index (Phi) is 14.6. The third-order valence-corrected chi connectivity index (χ3v) is 10.9. The fourth-order valence-electron chi connectivity index (χ4n) is 6.89. The molecule has 53 heavy (non-hydrogen) atoms. The summed E-state index contributed by atoms with van der Waals surface area (Å²) in [6.45, 7) is 10.7. The average Bonchev–Trinajstić information content (AvgIpc) is 3.18. The van der Waals surface area contributed by atoms with Gasteiger partial charge in [0.25, 0.3) is 10.1 Å². The number of hydrogen-bond donors (Lipinski definition) is 1. The van der Waals surface area contributed by atoms with E-state index in [0.717, 1.165) is 91.1 Å². The van der Waals surface area contributed by atoms with E-state index in [-0.39, 0.29) is 4.90 Å². The Hall–Kier alpha value is -4.52. The Morgan fingerprint density at radius 2 is 1.15 bits per heavy atom. The van der Waals surface area contributed by atoms with Crippen molar-refractivity contribution in [2.75, 3.05) is 18.0 Å². The predicted octanol–water partition coefficient (Wildman–Crippen LogP) is 12.1. The lowest BCUT2D eigenvalue weighted by atomic mass is 9.90. The highest BCUT2D eigenvalue weighted by Crippen LogP contribution is 2.36. The van der Waals surface area contributed by atoms with Crippen LogP contribution in [0.15, 0.2) is 132 Å². The monoisotopic (exact) mass is 729 g/mol. The molecule has 4 aromatic rings. The molecule has 6 heteroatoms. The zero-order valence-corrected chi connectivity index (χ0v) is 32.9. The van der Waals surface area contributed by atoms with Crippen LogP contribution < -0.4 is 4.90 Å². The highest BCUT2D eigenvalue weighted by Gasteiger charge is 2.23. The minimum Gasteiger partial charge on any atom is -0.341 e. The molecule has 1 N–H and O–H groups in total. The van der Waals surface area contributed by atoms with Gasteiger partial charge in [0.05, 0.1) is 0 Å². The van der Waals surface area contributed by atoms with Crippen LogP contribution in [0.3, 0.4) is 0 Å². The molecular formula is C47H57N2O3S+. The van der Waals surface area contributed by atoms with Gasteiger partial charge in [-0.25, -0.2) is 0 Å². The number of hydrogen-bond acceptors (Lipinski definition) is 3. The van der Waals surface area contributed by atoms with Crippen LogP contribution in [0.25, 0.3) is 5.57 Å². The second kappa shape index (κ2) is 19.5. The van der Waals surface area contributed by atoms with E-state index in [1.165, 1.54) is 42.9 Å². The number of nitrogens with zero attached hydrogens (tertiary/aromatic N) is 2. The predicted molar refractivity (Wildman–Crippen MR) is 224 cm³/mol. The first kappa shape index (κ1) is 39.7. The molecule has 0 aromatic heterocycles. The smallest absolute Gasteiger partial charge is 0.295 e. The minimum absolute atomic E-state index is 0.108. The third-order valence-electron chi connectivity index (χ3n) is 9.97. The molecule has 0 fully saturated rings. The van der Waals surface area contributed by atoms with E-state index in [0.29, 0.717) is 5.56 Å². The molecule has 0 amide bonds. The molecule has 5 rings (SSSR count). The quantitative estimate of drug-likeness (QED) is 0.0818. The number of rotatable bonds is 18. The molecule has 0 heterocycles. The van der Waals surface area contributed by atoms with Crippen molar-refractivity contribution in [3.05, 3.63) is 149 Å². The summed E-state index contributed by atoms with van der Waals surface area (Å²) >= 11 is 0. The van der Waals surface area contributed by atoms with Crippen LogP contribution in [-0.2, 0) is 23.0 Å². The van der Waals surface area contributed by atoms with E-state index in [4.69, 9.17) is 0 Å². The highest BCUT2D eigenvalue weighted by molar-refractivity contribution is 7.86. The lowest BCUT2D eigenvalue weighted by molar-refractivity contribution is -0.439. The zero-order valence-electron chi connectivity index (χ0n) is 32.1. The maximum atomic E-state index is 12.7. The van der Waals surface area contributed by atoms with Gasteiger partial charge in [0.1, 0.15) is 11.4 Å². The fourth-order valence-corrected chi connectivity index (χ4v) is 7.58. The number of aryl methyl sites for hydroxylation is 2. The number of anilines is 2. The minimum atomic E-state index is -4.49. The summed E-state index contributed by atoms with van der Waals surface area (Å²) in [6.07, 6.45) is 19.6. The molecule has 0 radical (unpaired) electrons. The van der Waals surface area contributed by atoms with Crippen molar-refractivity contribution in [1.82, 2.24) is 0 Å². The first-order valence-electron chi connectivity index (χ1n) is 19.6. The van der Waals surface area contributed by atoms with Crippen molar-refractivity contribution in [1.29, 1.82) is 0 Å². The van der Waals surface area contributed by atoms with Crippen LogP contribution in [0.4, 0.5) is 17.1 Å². The first-order chi connectivity index (χ1) is 25.8. The SMILES string of the molecule is CCCCc1ccc(N(CCCC)c2ccc(C(=C3C=CC(=[N+](CCCC)c4ccc(CCCC)cc4)C=C3)c3ccccc3S(=O)(=O)O)cc2)cc1. The van der Waals surface area contributed by atoms with E-state index >= 15 is 0 Å². The van der Waals surface area contributed by atoms with Crippen molar-refractivity contribution < 1.29 is 17.5 Å². The summed E-state index contributed by atoms with van der Waals surface area (Å²) in [5.74, 6) is 0. The van der Waals surface area contributed by atoms with Crippen LogP contribution in [0.1, 0.15) is 101 Å². The molecule has 0 unspecified atom stereocenters. The van der Waals surface area contributed by atoms with Crippen molar-refractivity contribution in [3.63, 3.8) is 0 Å². The Morgan fingerprint density at radius 1 is 0.623 bits per heavy atom. The zero-order chi connectivity index (χ0) is 37.6. The van der Waals surface area contributed by atoms with E-state index in [9.17, 15) is 13.0 Å². The molecule has 1 aliphatic carbocycles. The van der Waals surface area contributed by atoms with E-state index in [1.807, 2.05) is 6.07 Å². The van der Waals surface area contributed by atoms with E-state index in [2.05, 4.69) is 134 Å². The molecule has 4 aromatic carbocycles. The van der Waals surface area contributed by atoms with Gasteiger partial charge in [-0.3, -0.25) is 4.55 Å².